The van der Waals surface area contributed by atoms with Gasteiger partial charge in [-0.25, -0.2) is 9.18 Å². The van der Waals surface area contributed by atoms with Crippen LogP contribution in [0.4, 0.5) is 23.2 Å². The lowest BCUT2D eigenvalue weighted by Gasteiger charge is -2.09. The Hall–Kier alpha value is -1.79. The van der Waals surface area contributed by atoms with Crippen molar-refractivity contribution < 1.29 is 27.5 Å². The fourth-order valence-electron chi connectivity index (χ4n) is 1.30. The molecule has 0 heterocycles. The van der Waals surface area contributed by atoms with Gasteiger partial charge in [-0.05, 0) is 24.6 Å². The number of alkyl halides is 3. The maximum absolute atomic E-state index is 13.3. The van der Waals surface area contributed by atoms with Gasteiger partial charge in [-0.2, -0.15) is 13.2 Å². The van der Waals surface area contributed by atoms with E-state index in [-0.39, 0.29) is 24.2 Å². The molecule has 0 bridgehead atoms. The molecule has 0 atom stereocenters. The molecule has 0 aliphatic rings. The summed E-state index contributed by atoms with van der Waals surface area (Å²) in [6.45, 7) is -0.0388. The second-order valence-corrected chi connectivity index (χ2v) is 3.65. The summed E-state index contributed by atoms with van der Waals surface area (Å²) in [5, 5.41) is 11.1. The summed E-state index contributed by atoms with van der Waals surface area (Å²) in [4.78, 5) is 10.5. The van der Waals surface area contributed by atoms with Crippen LogP contribution in [0.5, 0.6) is 0 Å². The number of hydrogen-bond donors (Lipinski definition) is 2. The average Bonchev–Trinajstić information content (AvgIpc) is 2.24. The molecule has 0 unspecified atom stereocenters. The van der Waals surface area contributed by atoms with Gasteiger partial charge in [0.15, 0.2) is 0 Å². The first-order chi connectivity index (χ1) is 8.29. The lowest BCUT2D eigenvalue weighted by molar-refractivity contribution is -0.134. The van der Waals surface area contributed by atoms with Crippen molar-refractivity contribution in [3.63, 3.8) is 0 Å². The smallest absolute Gasteiger partial charge is 0.389 e. The number of carboxylic acids is 1. The predicted molar refractivity (Wildman–Crippen MR) is 57.1 cm³/mol. The summed E-state index contributed by atoms with van der Waals surface area (Å²) in [7, 11) is 0. The molecule has 0 aliphatic heterocycles. The molecular weight excluding hydrogens is 254 g/mol. The summed E-state index contributed by atoms with van der Waals surface area (Å²) >= 11 is 0. The van der Waals surface area contributed by atoms with Gasteiger partial charge in [-0.3, -0.25) is 0 Å². The van der Waals surface area contributed by atoms with Gasteiger partial charge in [0.05, 0.1) is 11.3 Å². The molecule has 2 N–H and O–H groups in total. The van der Waals surface area contributed by atoms with E-state index in [0.29, 0.717) is 0 Å². The molecule has 1 aromatic carbocycles. The highest BCUT2D eigenvalue weighted by atomic mass is 19.4. The Labute approximate surface area is 100 Å². The second-order valence-electron chi connectivity index (χ2n) is 3.65. The summed E-state index contributed by atoms with van der Waals surface area (Å²) < 4.78 is 48.8. The van der Waals surface area contributed by atoms with E-state index < -0.39 is 24.4 Å². The molecule has 0 aromatic heterocycles. The third kappa shape index (κ3) is 4.60. The van der Waals surface area contributed by atoms with E-state index in [0.717, 1.165) is 6.07 Å². The van der Waals surface area contributed by atoms with Crippen LogP contribution in [0.2, 0.25) is 0 Å². The molecule has 0 fully saturated rings. The number of rotatable bonds is 5. The average molecular weight is 265 g/mol. The number of hydrogen-bond acceptors (Lipinski definition) is 2. The van der Waals surface area contributed by atoms with Crippen LogP contribution in [-0.2, 0) is 0 Å². The zero-order valence-electron chi connectivity index (χ0n) is 9.22. The predicted octanol–water partition coefficient (Wildman–Crippen LogP) is 3.28. The molecule has 0 aliphatic carbocycles. The quantitative estimate of drug-likeness (QED) is 0.634. The van der Waals surface area contributed by atoms with E-state index in [1.807, 2.05) is 0 Å². The Kier molecular flexibility index (Phi) is 4.52. The number of carbonyl (C=O) groups is 1. The van der Waals surface area contributed by atoms with Crippen molar-refractivity contribution in [3.05, 3.63) is 29.6 Å². The minimum absolute atomic E-state index is 0.0119. The molecule has 1 aromatic rings. The van der Waals surface area contributed by atoms with Crippen molar-refractivity contribution in [1.29, 1.82) is 0 Å². The van der Waals surface area contributed by atoms with Gasteiger partial charge in [0.1, 0.15) is 5.82 Å². The molecular formula is C11H11F4NO2. The number of halogens is 4. The maximum atomic E-state index is 13.3. The van der Waals surface area contributed by atoms with Crippen LogP contribution in [-0.4, -0.2) is 23.8 Å². The molecule has 0 amide bonds. The van der Waals surface area contributed by atoms with E-state index in [2.05, 4.69) is 5.32 Å². The van der Waals surface area contributed by atoms with Crippen LogP contribution in [0.15, 0.2) is 18.2 Å². The Morgan fingerprint density at radius 3 is 2.50 bits per heavy atom. The minimum Gasteiger partial charge on any atom is -0.478 e. The monoisotopic (exact) mass is 265 g/mol. The molecule has 1 rings (SSSR count). The molecule has 0 radical (unpaired) electrons. The number of anilines is 1. The molecule has 0 saturated carbocycles. The van der Waals surface area contributed by atoms with Crippen LogP contribution >= 0.6 is 0 Å². The first kappa shape index (κ1) is 14.3. The van der Waals surface area contributed by atoms with Crippen LogP contribution in [0, 0.1) is 5.82 Å². The number of carboxylic acid groups (broad SMARTS) is 1. The van der Waals surface area contributed by atoms with Gasteiger partial charge >= 0.3 is 12.1 Å². The van der Waals surface area contributed by atoms with Crippen LogP contribution in [0.3, 0.4) is 0 Å². The highest BCUT2D eigenvalue weighted by molar-refractivity contribution is 5.88. The van der Waals surface area contributed by atoms with Crippen molar-refractivity contribution >= 4 is 11.7 Å². The van der Waals surface area contributed by atoms with Crippen molar-refractivity contribution in [1.82, 2.24) is 0 Å². The van der Waals surface area contributed by atoms with Crippen LogP contribution in [0.25, 0.3) is 0 Å². The van der Waals surface area contributed by atoms with E-state index in [1.165, 1.54) is 12.1 Å². The summed E-state index contributed by atoms with van der Waals surface area (Å²) in [6.07, 6.45) is -5.36. The summed E-state index contributed by atoms with van der Waals surface area (Å²) in [5.74, 6) is -2.07. The van der Waals surface area contributed by atoms with Crippen LogP contribution in [0.1, 0.15) is 23.2 Å². The van der Waals surface area contributed by atoms with Gasteiger partial charge in [0.2, 0.25) is 0 Å². The lowest BCUT2D eigenvalue weighted by Crippen LogP contribution is -2.11. The Bertz CT molecular complexity index is 432. The first-order valence-electron chi connectivity index (χ1n) is 5.13. The SMILES string of the molecule is O=C(O)c1ccc(NCCCC(F)(F)F)c(F)c1. The fourth-order valence-corrected chi connectivity index (χ4v) is 1.30. The molecule has 0 saturated heterocycles. The van der Waals surface area contributed by atoms with Gasteiger partial charge in [0.25, 0.3) is 0 Å². The molecule has 7 heteroatoms. The second kappa shape index (κ2) is 5.70. The third-order valence-electron chi connectivity index (χ3n) is 2.17. The highest BCUT2D eigenvalue weighted by Gasteiger charge is 2.25. The topological polar surface area (TPSA) is 49.3 Å². The molecule has 0 spiro atoms. The van der Waals surface area contributed by atoms with Gasteiger partial charge in [0, 0.05) is 13.0 Å². The standard InChI is InChI=1S/C11H11F4NO2/c12-8-6-7(10(17)18)2-3-9(8)16-5-1-4-11(13,14)15/h2-3,6,16H,1,4-5H2,(H,17,18). The number of aromatic carboxylic acids is 1. The minimum atomic E-state index is -4.23. The van der Waals surface area contributed by atoms with Crippen molar-refractivity contribution in [2.75, 3.05) is 11.9 Å². The summed E-state index contributed by atoms with van der Waals surface area (Å²) in [5.41, 5.74) is -0.226. The van der Waals surface area contributed by atoms with Gasteiger partial charge in [-0.15, -0.1) is 0 Å². The third-order valence-corrected chi connectivity index (χ3v) is 2.17. The van der Waals surface area contributed by atoms with Crippen molar-refractivity contribution in [2.45, 2.75) is 19.0 Å². The lowest BCUT2D eigenvalue weighted by atomic mass is 10.2. The van der Waals surface area contributed by atoms with E-state index in [9.17, 15) is 22.4 Å². The number of nitrogens with one attached hydrogen (secondary N) is 1. The molecule has 100 valence electrons. The maximum Gasteiger partial charge on any atom is 0.389 e. The fraction of sp³-hybridized carbons (Fsp3) is 0.364. The zero-order valence-corrected chi connectivity index (χ0v) is 9.22. The largest absolute Gasteiger partial charge is 0.478 e. The Morgan fingerprint density at radius 1 is 1.33 bits per heavy atom. The van der Waals surface area contributed by atoms with E-state index in [1.54, 1.807) is 0 Å². The molecule has 18 heavy (non-hydrogen) atoms. The van der Waals surface area contributed by atoms with E-state index >= 15 is 0 Å². The Morgan fingerprint density at radius 2 is 2.00 bits per heavy atom. The van der Waals surface area contributed by atoms with Gasteiger partial charge in [-0.1, -0.05) is 0 Å². The Balaban J connectivity index is 2.51. The molecule has 3 nitrogen and oxygen atoms in total. The van der Waals surface area contributed by atoms with Crippen LogP contribution < -0.4 is 5.32 Å². The van der Waals surface area contributed by atoms with E-state index in [4.69, 9.17) is 5.11 Å². The van der Waals surface area contributed by atoms with Crippen molar-refractivity contribution in [2.24, 2.45) is 0 Å². The highest BCUT2D eigenvalue weighted by Crippen LogP contribution is 2.21. The zero-order chi connectivity index (χ0) is 13.8. The van der Waals surface area contributed by atoms with Gasteiger partial charge < -0.3 is 10.4 Å². The normalized spacial score (nSPS) is 11.3. The van der Waals surface area contributed by atoms with Crippen molar-refractivity contribution in [3.8, 4) is 0 Å². The first-order valence-corrected chi connectivity index (χ1v) is 5.13. The number of benzene rings is 1. The summed E-state index contributed by atoms with van der Waals surface area (Å²) in [6, 6.07) is 3.18.